The van der Waals surface area contributed by atoms with E-state index in [4.69, 9.17) is 9.15 Å². The molecule has 3 rings (SSSR count). The van der Waals surface area contributed by atoms with Gasteiger partial charge in [0.05, 0.1) is 23.2 Å². The first-order valence-electron chi connectivity index (χ1n) is 8.64. The average Bonchev–Trinajstić information content (AvgIpc) is 3.28. The lowest BCUT2D eigenvalue weighted by Crippen LogP contribution is -2.26. The summed E-state index contributed by atoms with van der Waals surface area (Å²) in [5.41, 5.74) is 0.763. The van der Waals surface area contributed by atoms with Crippen LogP contribution in [0.15, 0.2) is 58.5 Å². The molecule has 0 aliphatic heterocycles. The van der Waals surface area contributed by atoms with Gasteiger partial charge < -0.3 is 19.6 Å². The molecule has 2 N–H and O–H groups in total. The zero-order valence-electron chi connectivity index (χ0n) is 15.8. The van der Waals surface area contributed by atoms with Crippen molar-refractivity contribution in [3.05, 3.63) is 48.9 Å². The molecule has 8 nitrogen and oxygen atoms in total. The van der Waals surface area contributed by atoms with Crippen LogP contribution in [-0.4, -0.2) is 37.1 Å². The van der Waals surface area contributed by atoms with Crippen molar-refractivity contribution < 1.29 is 19.1 Å². The quantitative estimate of drug-likeness (QED) is 0.460. The van der Waals surface area contributed by atoms with Gasteiger partial charge in [0, 0.05) is 5.69 Å². The molecule has 0 saturated heterocycles. The van der Waals surface area contributed by atoms with Crippen LogP contribution in [0.25, 0.3) is 11.4 Å². The molecule has 0 aliphatic rings. The van der Waals surface area contributed by atoms with Crippen LogP contribution >= 0.6 is 11.8 Å². The van der Waals surface area contributed by atoms with Gasteiger partial charge in [-0.3, -0.25) is 9.36 Å². The van der Waals surface area contributed by atoms with Gasteiger partial charge in [-0.25, -0.2) is 0 Å². The summed E-state index contributed by atoms with van der Waals surface area (Å²) in [5, 5.41) is 22.0. The normalized spacial score (nSPS) is 12.7. The molecular formula is C19H22N4O4S. The molecule has 0 bridgehead atoms. The number of furan rings is 1. The lowest BCUT2D eigenvalue weighted by molar-refractivity contribution is -0.212. The summed E-state index contributed by atoms with van der Waals surface area (Å²) in [6.45, 7) is 5.49. The summed E-state index contributed by atoms with van der Waals surface area (Å²) in [4.78, 5) is 12.2. The van der Waals surface area contributed by atoms with E-state index < -0.39 is 12.0 Å². The van der Waals surface area contributed by atoms with Crippen LogP contribution in [0.5, 0.6) is 0 Å². The van der Waals surface area contributed by atoms with Crippen molar-refractivity contribution >= 4 is 23.4 Å². The van der Waals surface area contributed by atoms with Crippen LogP contribution in [0.1, 0.15) is 27.2 Å². The van der Waals surface area contributed by atoms with Gasteiger partial charge in [-0.15, -0.1) is 10.2 Å². The number of benzene rings is 1. The molecule has 148 valence electrons. The fraction of sp³-hybridized carbons (Fsp3) is 0.316. The molecular weight excluding hydrogens is 380 g/mol. The Morgan fingerprint density at radius 2 is 2.04 bits per heavy atom. The Morgan fingerprint density at radius 1 is 1.29 bits per heavy atom. The second-order valence-corrected chi connectivity index (χ2v) is 7.89. The number of aromatic nitrogens is 3. The second kappa shape index (κ2) is 8.59. The van der Waals surface area contributed by atoms with Crippen LogP contribution in [0, 0.1) is 0 Å². The highest BCUT2D eigenvalue weighted by Crippen LogP contribution is 2.29. The van der Waals surface area contributed by atoms with Crippen molar-refractivity contribution in [2.45, 2.75) is 37.9 Å². The van der Waals surface area contributed by atoms with Crippen molar-refractivity contribution in [3.63, 3.8) is 0 Å². The van der Waals surface area contributed by atoms with Crippen LogP contribution in [0.2, 0.25) is 0 Å². The van der Waals surface area contributed by atoms with Gasteiger partial charge in [0.25, 0.3) is 0 Å². The number of hydrogen-bond donors (Lipinski definition) is 2. The third-order valence-corrected chi connectivity index (χ3v) is 4.46. The number of rotatable bonds is 7. The highest BCUT2D eigenvalue weighted by molar-refractivity contribution is 7.99. The maximum absolute atomic E-state index is 12.2. The molecule has 2 heterocycles. The van der Waals surface area contributed by atoms with Gasteiger partial charge in [0.15, 0.2) is 11.0 Å². The SMILES string of the molecule is CC(C)(C)OC(O)n1c(SCC(=O)Nc2ccccc2)nnc1-c1ccoc1. The highest BCUT2D eigenvalue weighted by atomic mass is 32.2. The zero-order chi connectivity index (χ0) is 20.1. The van der Waals surface area contributed by atoms with E-state index in [0.29, 0.717) is 22.2 Å². The number of nitrogens with zero attached hydrogens (tertiary/aromatic N) is 3. The first-order valence-corrected chi connectivity index (χ1v) is 9.63. The van der Waals surface area contributed by atoms with E-state index in [9.17, 15) is 9.90 Å². The number of anilines is 1. The van der Waals surface area contributed by atoms with Crippen LogP contribution < -0.4 is 5.32 Å². The van der Waals surface area contributed by atoms with Crippen molar-refractivity contribution in [1.29, 1.82) is 0 Å². The molecule has 0 aliphatic carbocycles. The largest absolute Gasteiger partial charge is 0.472 e. The standard InChI is InChI=1S/C19H22N4O4S/c1-19(2,3)27-18(25)23-16(13-9-10-26-11-13)21-22-17(23)28-12-15(24)20-14-7-5-4-6-8-14/h4-11,18,25H,12H2,1-3H3,(H,20,24). The van der Waals surface area contributed by atoms with Crippen LogP contribution in [0.4, 0.5) is 5.69 Å². The molecule has 2 aromatic heterocycles. The van der Waals surface area contributed by atoms with Gasteiger partial charge >= 0.3 is 0 Å². The van der Waals surface area contributed by atoms with Crippen LogP contribution in [0.3, 0.4) is 0 Å². The monoisotopic (exact) mass is 402 g/mol. The Labute approximate surface area is 166 Å². The Bertz CT molecular complexity index is 904. The fourth-order valence-electron chi connectivity index (χ4n) is 2.38. The minimum absolute atomic E-state index is 0.0979. The molecule has 0 fully saturated rings. The molecule has 9 heteroatoms. The Hall–Kier alpha value is -2.62. The lowest BCUT2D eigenvalue weighted by atomic mass is 10.2. The van der Waals surface area contributed by atoms with E-state index in [1.807, 2.05) is 51.1 Å². The molecule has 1 atom stereocenters. The first kappa shape index (κ1) is 20.1. The van der Waals surface area contributed by atoms with Crippen LogP contribution in [-0.2, 0) is 9.53 Å². The average molecular weight is 402 g/mol. The molecule has 28 heavy (non-hydrogen) atoms. The van der Waals surface area contributed by atoms with Gasteiger partial charge in [-0.2, -0.15) is 0 Å². The van der Waals surface area contributed by atoms with E-state index >= 15 is 0 Å². The summed E-state index contributed by atoms with van der Waals surface area (Å²) < 4.78 is 12.2. The maximum atomic E-state index is 12.2. The number of aliphatic hydroxyl groups is 1. The number of carbonyl (C=O) groups excluding carboxylic acids is 1. The number of thioether (sulfide) groups is 1. The predicted molar refractivity (Wildman–Crippen MR) is 106 cm³/mol. The number of aliphatic hydroxyl groups excluding tert-OH is 1. The topological polar surface area (TPSA) is 102 Å². The van der Waals surface area contributed by atoms with Crippen molar-refractivity contribution in [1.82, 2.24) is 14.8 Å². The minimum atomic E-state index is -1.32. The van der Waals surface area contributed by atoms with E-state index in [0.717, 1.165) is 11.8 Å². The molecule has 0 saturated carbocycles. The Morgan fingerprint density at radius 3 is 2.68 bits per heavy atom. The third-order valence-electron chi connectivity index (χ3n) is 3.51. The summed E-state index contributed by atoms with van der Waals surface area (Å²) in [7, 11) is 0. The molecule has 1 amide bonds. The number of ether oxygens (including phenoxy) is 1. The van der Waals surface area contributed by atoms with E-state index in [-0.39, 0.29) is 11.7 Å². The van der Waals surface area contributed by atoms with E-state index in [1.165, 1.54) is 17.1 Å². The van der Waals surface area contributed by atoms with Crippen molar-refractivity contribution in [2.75, 3.05) is 11.1 Å². The number of para-hydroxylation sites is 1. The van der Waals surface area contributed by atoms with Gasteiger partial charge in [-0.05, 0) is 39.0 Å². The number of amides is 1. The third kappa shape index (κ3) is 5.22. The number of carbonyl (C=O) groups is 1. The molecule has 1 aromatic carbocycles. The van der Waals surface area contributed by atoms with Gasteiger partial charge in [-0.1, -0.05) is 30.0 Å². The number of hydrogen-bond acceptors (Lipinski definition) is 7. The highest BCUT2D eigenvalue weighted by Gasteiger charge is 2.26. The zero-order valence-corrected chi connectivity index (χ0v) is 16.6. The van der Waals surface area contributed by atoms with Gasteiger partial charge in [0.2, 0.25) is 12.3 Å². The maximum Gasteiger partial charge on any atom is 0.245 e. The lowest BCUT2D eigenvalue weighted by Gasteiger charge is -2.25. The fourth-order valence-corrected chi connectivity index (χ4v) is 3.13. The van der Waals surface area contributed by atoms with Crippen molar-refractivity contribution in [3.8, 4) is 11.4 Å². The molecule has 3 aromatic rings. The van der Waals surface area contributed by atoms with Crippen molar-refractivity contribution in [2.24, 2.45) is 0 Å². The molecule has 1 unspecified atom stereocenters. The molecule has 0 spiro atoms. The summed E-state index contributed by atoms with van der Waals surface area (Å²) in [6, 6.07) is 10.9. The summed E-state index contributed by atoms with van der Waals surface area (Å²) >= 11 is 1.15. The van der Waals surface area contributed by atoms with E-state index in [1.54, 1.807) is 6.07 Å². The predicted octanol–water partition coefficient (Wildman–Crippen LogP) is 3.53. The first-order chi connectivity index (χ1) is 13.3. The second-order valence-electron chi connectivity index (χ2n) is 6.95. The minimum Gasteiger partial charge on any atom is -0.472 e. The molecule has 0 radical (unpaired) electrons. The Kier molecular flexibility index (Phi) is 6.18. The summed E-state index contributed by atoms with van der Waals surface area (Å²) in [6.07, 6.45) is 1.69. The Balaban J connectivity index is 1.77. The summed E-state index contributed by atoms with van der Waals surface area (Å²) in [5.74, 6) is 0.291. The van der Waals surface area contributed by atoms with Gasteiger partial charge in [0.1, 0.15) is 6.26 Å². The van der Waals surface area contributed by atoms with E-state index in [2.05, 4.69) is 15.5 Å². The number of nitrogens with one attached hydrogen (secondary N) is 1. The smallest absolute Gasteiger partial charge is 0.245 e.